The minimum absolute atomic E-state index is 0.0312. The average molecular weight is 265 g/mol. The Kier molecular flexibility index (Phi) is 4.86. The molecule has 0 bridgehead atoms. The molecule has 3 nitrogen and oxygen atoms in total. The summed E-state index contributed by atoms with van der Waals surface area (Å²) in [6.07, 6.45) is -0.487. The van der Waals surface area contributed by atoms with Crippen LogP contribution in [-0.2, 0) is 0 Å². The normalized spacial score (nSPS) is 28.5. The van der Waals surface area contributed by atoms with Crippen LogP contribution in [0, 0.1) is 0 Å². The Morgan fingerprint density at radius 2 is 1.72 bits per heavy atom. The minimum Gasteiger partial charge on any atom is -0.314 e. The van der Waals surface area contributed by atoms with E-state index >= 15 is 0 Å². The Bertz CT molecular complexity index is 251. The molecule has 0 aromatic carbocycles. The van der Waals surface area contributed by atoms with Crippen LogP contribution >= 0.6 is 0 Å². The van der Waals surface area contributed by atoms with Gasteiger partial charge in [0.15, 0.2) is 0 Å². The van der Waals surface area contributed by atoms with Gasteiger partial charge >= 0.3 is 6.18 Å². The number of piperidine rings is 1. The lowest BCUT2D eigenvalue weighted by molar-refractivity contribution is -0.187. The van der Waals surface area contributed by atoms with E-state index in [-0.39, 0.29) is 6.54 Å². The van der Waals surface area contributed by atoms with Gasteiger partial charge in [-0.15, -0.1) is 0 Å². The highest BCUT2D eigenvalue weighted by Crippen LogP contribution is 2.25. The molecule has 0 radical (unpaired) electrons. The van der Waals surface area contributed by atoms with E-state index in [1.165, 1.54) is 19.3 Å². The molecule has 2 aliphatic rings. The van der Waals surface area contributed by atoms with Crippen LogP contribution in [0.4, 0.5) is 13.2 Å². The Morgan fingerprint density at radius 1 is 1.00 bits per heavy atom. The highest BCUT2D eigenvalue weighted by atomic mass is 19.4. The number of rotatable bonds is 3. The molecule has 2 heterocycles. The molecule has 2 fully saturated rings. The first-order valence-electron chi connectivity index (χ1n) is 6.81. The van der Waals surface area contributed by atoms with Crippen molar-refractivity contribution in [2.24, 2.45) is 0 Å². The van der Waals surface area contributed by atoms with Gasteiger partial charge in [0.1, 0.15) is 6.04 Å². The highest BCUT2D eigenvalue weighted by Gasteiger charge is 2.44. The number of piperazine rings is 1. The van der Waals surface area contributed by atoms with E-state index in [1.807, 2.05) is 0 Å². The van der Waals surface area contributed by atoms with Gasteiger partial charge in [-0.1, -0.05) is 6.42 Å². The van der Waals surface area contributed by atoms with E-state index in [4.69, 9.17) is 0 Å². The summed E-state index contributed by atoms with van der Waals surface area (Å²) < 4.78 is 38.6. The van der Waals surface area contributed by atoms with E-state index in [0.717, 1.165) is 19.6 Å². The summed E-state index contributed by atoms with van der Waals surface area (Å²) in [7, 11) is 0. The summed E-state index contributed by atoms with van der Waals surface area (Å²) in [5.41, 5.74) is 0. The van der Waals surface area contributed by atoms with Gasteiger partial charge in [0.25, 0.3) is 0 Å². The molecule has 6 heteroatoms. The second-order valence-electron chi connectivity index (χ2n) is 5.20. The molecule has 2 saturated heterocycles. The first-order chi connectivity index (χ1) is 8.57. The summed E-state index contributed by atoms with van der Waals surface area (Å²) in [6.45, 7) is 4.58. The number of alkyl halides is 3. The van der Waals surface area contributed by atoms with Crippen molar-refractivity contribution < 1.29 is 13.2 Å². The quantitative estimate of drug-likeness (QED) is 0.830. The molecule has 1 unspecified atom stereocenters. The fourth-order valence-corrected chi connectivity index (χ4v) is 2.79. The predicted octanol–water partition coefficient (Wildman–Crippen LogP) is 1.31. The maximum Gasteiger partial charge on any atom is 0.405 e. The summed E-state index contributed by atoms with van der Waals surface area (Å²) in [4.78, 5) is 3.88. The standard InChI is InChI=1S/C12H22F3N3/c13-12(14,15)11-10-16-4-7-18(11)9-8-17-5-2-1-3-6-17/h11,16H,1-10H2. The first kappa shape index (κ1) is 14.1. The second kappa shape index (κ2) is 6.21. The van der Waals surface area contributed by atoms with Crippen molar-refractivity contribution in [1.29, 1.82) is 0 Å². The molecule has 1 N–H and O–H groups in total. The van der Waals surface area contributed by atoms with Crippen LogP contribution in [0.2, 0.25) is 0 Å². The SMILES string of the molecule is FC(F)(F)C1CNCCN1CCN1CCCCC1. The zero-order chi connectivity index (χ0) is 13.0. The van der Waals surface area contributed by atoms with Crippen molar-refractivity contribution in [1.82, 2.24) is 15.1 Å². The number of likely N-dealkylation sites (tertiary alicyclic amines) is 1. The fourth-order valence-electron chi connectivity index (χ4n) is 2.79. The third-order valence-electron chi connectivity index (χ3n) is 3.88. The van der Waals surface area contributed by atoms with Crippen LogP contribution in [0.3, 0.4) is 0 Å². The van der Waals surface area contributed by atoms with E-state index in [2.05, 4.69) is 10.2 Å². The van der Waals surface area contributed by atoms with Crippen molar-refractivity contribution in [2.75, 3.05) is 45.8 Å². The molecule has 0 aromatic heterocycles. The summed E-state index contributed by atoms with van der Waals surface area (Å²) in [5.74, 6) is 0. The van der Waals surface area contributed by atoms with Crippen LogP contribution in [0.1, 0.15) is 19.3 Å². The first-order valence-corrected chi connectivity index (χ1v) is 6.81. The zero-order valence-corrected chi connectivity index (χ0v) is 10.7. The molecule has 106 valence electrons. The predicted molar refractivity (Wildman–Crippen MR) is 64.6 cm³/mol. The van der Waals surface area contributed by atoms with Crippen LogP contribution in [0.5, 0.6) is 0 Å². The fraction of sp³-hybridized carbons (Fsp3) is 1.00. The molecule has 0 amide bonds. The highest BCUT2D eigenvalue weighted by molar-refractivity contribution is 4.86. The molecule has 0 saturated carbocycles. The van der Waals surface area contributed by atoms with E-state index in [0.29, 0.717) is 19.6 Å². The van der Waals surface area contributed by atoms with Gasteiger partial charge in [-0.3, -0.25) is 4.90 Å². The number of hydrogen-bond donors (Lipinski definition) is 1. The summed E-state index contributed by atoms with van der Waals surface area (Å²) in [5, 5.41) is 2.83. The molecule has 0 aromatic rings. The Balaban J connectivity index is 1.81. The van der Waals surface area contributed by atoms with Crippen molar-refractivity contribution in [3.8, 4) is 0 Å². The van der Waals surface area contributed by atoms with Crippen molar-refractivity contribution in [2.45, 2.75) is 31.5 Å². The molecular formula is C12H22F3N3. The number of hydrogen-bond acceptors (Lipinski definition) is 3. The van der Waals surface area contributed by atoms with Gasteiger partial charge in [-0.05, 0) is 25.9 Å². The topological polar surface area (TPSA) is 18.5 Å². The smallest absolute Gasteiger partial charge is 0.314 e. The summed E-state index contributed by atoms with van der Waals surface area (Å²) >= 11 is 0. The van der Waals surface area contributed by atoms with Gasteiger partial charge < -0.3 is 10.2 Å². The number of nitrogens with zero attached hydrogens (tertiary/aromatic N) is 2. The molecular weight excluding hydrogens is 243 g/mol. The van der Waals surface area contributed by atoms with Gasteiger partial charge in [0, 0.05) is 32.7 Å². The number of nitrogens with one attached hydrogen (secondary N) is 1. The van der Waals surface area contributed by atoms with Gasteiger partial charge in [0.2, 0.25) is 0 Å². The minimum atomic E-state index is -4.12. The lowest BCUT2D eigenvalue weighted by Gasteiger charge is -2.38. The van der Waals surface area contributed by atoms with Gasteiger partial charge in [-0.25, -0.2) is 0 Å². The van der Waals surface area contributed by atoms with Crippen LogP contribution in [-0.4, -0.2) is 67.8 Å². The second-order valence-corrected chi connectivity index (χ2v) is 5.20. The third kappa shape index (κ3) is 3.83. The summed E-state index contributed by atoms with van der Waals surface area (Å²) in [6, 6.07) is -1.31. The zero-order valence-electron chi connectivity index (χ0n) is 10.7. The van der Waals surface area contributed by atoms with Crippen LogP contribution in [0.15, 0.2) is 0 Å². The van der Waals surface area contributed by atoms with Crippen LogP contribution in [0.25, 0.3) is 0 Å². The largest absolute Gasteiger partial charge is 0.405 e. The molecule has 1 atom stereocenters. The van der Waals surface area contributed by atoms with Crippen molar-refractivity contribution in [3.05, 3.63) is 0 Å². The Hall–Kier alpha value is -0.330. The lowest BCUT2D eigenvalue weighted by atomic mass is 10.1. The van der Waals surface area contributed by atoms with E-state index in [9.17, 15) is 13.2 Å². The van der Waals surface area contributed by atoms with E-state index < -0.39 is 12.2 Å². The lowest BCUT2D eigenvalue weighted by Crippen LogP contribution is -2.59. The van der Waals surface area contributed by atoms with E-state index in [1.54, 1.807) is 4.90 Å². The monoisotopic (exact) mass is 265 g/mol. The van der Waals surface area contributed by atoms with Crippen molar-refractivity contribution >= 4 is 0 Å². The maximum atomic E-state index is 12.9. The maximum absolute atomic E-state index is 12.9. The average Bonchev–Trinajstić information content (AvgIpc) is 2.37. The molecule has 2 rings (SSSR count). The van der Waals surface area contributed by atoms with Crippen molar-refractivity contribution in [3.63, 3.8) is 0 Å². The molecule has 18 heavy (non-hydrogen) atoms. The number of halogens is 3. The molecule has 0 aliphatic carbocycles. The van der Waals surface area contributed by atoms with Gasteiger partial charge in [-0.2, -0.15) is 13.2 Å². The van der Waals surface area contributed by atoms with Crippen LogP contribution < -0.4 is 5.32 Å². The third-order valence-corrected chi connectivity index (χ3v) is 3.88. The molecule has 2 aliphatic heterocycles. The Morgan fingerprint density at radius 3 is 2.39 bits per heavy atom. The molecule has 0 spiro atoms. The Labute approximate surface area is 106 Å². The van der Waals surface area contributed by atoms with Gasteiger partial charge in [0.05, 0.1) is 0 Å².